The number of carbonyl (C=O) groups is 2. The van der Waals surface area contributed by atoms with Crippen LogP contribution < -0.4 is 10.6 Å². The number of nitrogens with one attached hydrogen (secondary N) is 2. The Bertz CT molecular complexity index is 499. The summed E-state index contributed by atoms with van der Waals surface area (Å²) in [6, 6.07) is 4.50. The van der Waals surface area contributed by atoms with Gasteiger partial charge in [-0.05, 0) is 32.1 Å². The Morgan fingerprint density at radius 1 is 1.24 bits per heavy atom. The summed E-state index contributed by atoms with van der Waals surface area (Å²) in [7, 11) is 0. The first-order valence-corrected chi connectivity index (χ1v) is 7.09. The molecule has 3 N–H and O–H groups in total. The number of aromatic carboxylic acids is 1. The fourth-order valence-electron chi connectivity index (χ4n) is 1.98. The van der Waals surface area contributed by atoms with Crippen LogP contribution in [0.1, 0.15) is 29.8 Å². The number of carboxylic acid groups (broad SMARTS) is 1. The van der Waals surface area contributed by atoms with Crippen molar-refractivity contribution in [3.8, 4) is 0 Å². The second kappa shape index (κ2) is 8.26. The lowest BCUT2D eigenvalue weighted by Gasteiger charge is -2.18. The average molecular weight is 293 g/mol. The van der Waals surface area contributed by atoms with E-state index in [9.17, 15) is 9.59 Å². The molecule has 1 rings (SSSR count). The molecule has 6 nitrogen and oxygen atoms in total. The number of urea groups is 1. The standard InChI is InChI=1S/C15H23N3O3/c1-4-18(5-2)9-8-16-15(21)17-13-7-6-11(3)10-12(13)14(19)20/h6-7,10H,4-5,8-9H2,1-3H3,(H,19,20)(H2,16,17,21). The molecule has 0 aliphatic heterocycles. The van der Waals surface area contributed by atoms with Gasteiger partial charge in [-0.2, -0.15) is 0 Å². The van der Waals surface area contributed by atoms with Crippen molar-refractivity contribution in [3.05, 3.63) is 29.3 Å². The molecule has 0 radical (unpaired) electrons. The molecule has 1 aromatic carbocycles. The van der Waals surface area contributed by atoms with E-state index in [4.69, 9.17) is 5.11 Å². The Hall–Kier alpha value is -2.08. The second-order valence-corrected chi connectivity index (χ2v) is 4.76. The summed E-state index contributed by atoms with van der Waals surface area (Å²) in [5.74, 6) is -1.06. The molecule has 0 heterocycles. The number of benzene rings is 1. The summed E-state index contributed by atoms with van der Waals surface area (Å²) in [4.78, 5) is 25.1. The number of carboxylic acids is 1. The summed E-state index contributed by atoms with van der Waals surface area (Å²) < 4.78 is 0. The predicted molar refractivity (Wildman–Crippen MR) is 82.9 cm³/mol. The molecular formula is C15H23N3O3. The van der Waals surface area contributed by atoms with E-state index in [1.165, 1.54) is 6.07 Å². The molecule has 0 saturated heterocycles. The van der Waals surface area contributed by atoms with Crippen molar-refractivity contribution < 1.29 is 14.7 Å². The number of anilines is 1. The van der Waals surface area contributed by atoms with Crippen molar-refractivity contribution in [2.75, 3.05) is 31.5 Å². The first-order valence-electron chi connectivity index (χ1n) is 7.09. The number of rotatable bonds is 7. The lowest BCUT2D eigenvalue weighted by molar-refractivity contribution is 0.0698. The molecule has 0 aromatic heterocycles. The van der Waals surface area contributed by atoms with Crippen molar-refractivity contribution >= 4 is 17.7 Å². The van der Waals surface area contributed by atoms with E-state index in [0.29, 0.717) is 12.2 Å². The molecule has 2 amide bonds. The average Bonchev–Trinajstić information content (AvgIpc) is 2.45. The van der Waals surface area contributed by atoms with E-state index in [-0.39, 0.29) is 5.56 Å². The summed E-state index contributed by atoms with van der Waals surface area (Å²) in [5.41, 5.74) is 1.22. The van der Waals surface area contributed by atoms with Gasteiger partial charge in [0.2, 0.25) is 0 Å². The van der Waals surface area contributed by atoms with E-state index in [2.05, 4.69) is 29.4 Å². The quantitative estimate of drug-likeness (QED) is 0.719. The number of nitrogens with zero attached hydrogens (tertiary/aromatic N) is 1. The summed E-state index contributed by atoms with van der Waals surface area (Å²) in [5, 5.41) is 14.4. The topological polar surface area (TPSA) is 81.7 Å². The molecular weight excluding hydrogens is 270 g/mol. The van der Waals surface area contributed by atoms with Gasteiger partial charge in [0.25, 0.3) is 0 Å². The van der Waals surface area contributed by atoms with Crippen LogP contribution in [0, 0.1) is 6.92 Å². The Balaban J connectivity index is 2.57. The SMILES string of the molecule is CCN(CC)CCNC(=O)Nc1ccc(C)cc1C(=O)O. The normalized spacial score (nSPS) is 10.5. The summed E-state index contributed by atoms with van der Waals surface area (Å²) in [6.45, 7) is 9.08. The van der Waals surface area contributed by atoms with Crippen LogP contribution in [0.5, 0.6) is 0 Å². The Morgan fingerprint density at radius 2 is 1.90 bits per heavy atom. The Labute approximate surface area is 125 Å². The van der Waals surface area contributed by atoms with E-state index in [1.54, 1.807) is 19.1 Å². The summed E-state index contributed by atoms with van der Waals surface area (Å²) >= 11 is 0. The van der Waals surface area contributed by atoms with Gasteiger partial charge in [-0.15, -0.1) is 0 Å². The monoisotopic (exact) mass is 293 g/mol. The third kappa shape index (κ3) is 5.43. The molecule has 0 saturated carbocycles. The van der Waals surface area contributed by atoms with Crippen LogP contribution in [0.3, 0.4) is 0 Å². The van der Waals surface area contributed by atoms with Crippen molar-refractivity contribution in [3.63, 3.8) is 0 Å². The van der Waals surface area contributed by atoms with Crippen molar-refractivity contribution in [2.24, 2.45) is 0 Å². The lowest BCUT2D eigenvalue weighted by Crippen LogP contribution is -2.37. The minimum atomic E-state index is -1.06. The van der Waals surface area contributed by atoms with Crippen molar-refractivity contribution in [1.29, 1.82) is 0 Å². The first kappa shape index (κ1) is 17.0. The Morgan fingerprint density at radius 3 is 2.48 bits per heavy atom. The molecule has 1 aromatic rings. The Kier molecular flexibility index (Phi) is 6.68. The number of carbonyl (C=O) groups excluding carboxylic acids is 1. The van der Waals surface area contributed by atoms with Crippen LogP contribution in [0.4, 0.5) is 10.5 Å². The van der Waals surface area contributed by atoms with Gasteiger partial charge in [0.15, 0.2) is 0 Å². The van der Waals surface area contributed by atoms with Gasteiger partial charge in [-0.25, -0.2) is 9.59 Å². The zero-order chi connectivity index (χ0) is 15.8. The molecule has 0 aliphatic carbocycles. The van der Waals surface area contributed by atoms with Crippen molar-refractivity contribution in [1.82, 2.24) is 10.2 Å². The van der Waals surface area contributed by atoms with Crippen LogP contribution in [0.2, 0.25) is 0 Å². The number of hydrogen-bond acceptors (Lipinski definition) is 3. The van der Waals surface area contributed by atoms with E-state index in [0.717, 1.165) is 25.2 Å². The van der Waals surface area contributed by atoms with Gasteiger partial charge in [0.1, 0.15) is 0 Å². The predicted octanol–water partition coefficient (Wildman–Crippen LogP) is 2.16. The molecule has 0 spiro atoms. The smallest absolute Gasteiger partial charge is 0.337 e. The maximum absolute atomic E-state index is 11.8. The van der Waals surface area contributed by atoms with E-state index in [1.807, 2.05) is 0 Å². The second-order valence-electron chi connectivity index (χ2n) is 4.76. The number of aryl methyl sites for hydroxylation is 1. The molecule has 21 heavy (non-hydrogen) atoms. The maximum atomic E-state index is 11.8. The largest absolute Gasteiger partial charge is 0.478 e. The zero-order valence-corrected chi connectivity index (χ0v) is 12.8. The summed E-state index contributed by atoms with van der Waals surface area (Å²) in [6.07, 6.45) is 0. The molecule has 6 heteroatoms. The number of likely N-dealkylation sites (N-methyl/N-ethyl adjacent to an activating group) is 1. The van der Waals surface area contributed by atoms with Gasteiger partial charge in [0, 0.05) is 13.1 Å². The molecule has 0 aliphatic rings. The first-order chi connectivity index (χ1) is 9.97. The molecule has 0 unspecified atom stereocenters. The highest BCUT2D eigenvalue weighted by molar-refractivity contribution is 6.00. The van der Waals surface area contributed by atoms with Crippen LogP contribution in [0.15, 0.2) is 18.2 Å². The van der Waals surface area contributed by atoms with Crippen molar-refractivity contribution in [2.45, 2.75) is 20.8 Å². The fraction of sp³-hybridized carbons (Fsp3) is 0.467. The van der Waals surface area contributed by atoms with E-state index < -0.39 is 12.0 Å². The third-order valence-electron chi connectivity index (χ3n) is 3.26. The van der Waals surface area contributed by atoms with Gasteiger partial charge >= 0.3 is 12.0 Å². The molecule has 0 fully saturated rings. The minimum absolute atomic E-state index is 0.0916. The van der Waals surface area contributed by atoms with Gasteiger partial charge in [-0.3, -0.25) is 0 Å². The van der Waals surface area contributed by atoms with Crippen LogP contribution in [0.25, 0.3) is 0 Å². The maximum Gasteiger partial charge on any atom is 0.337 e. The highest BCUT2D eigenvalue weighted by Gasteiger charge is 2.12. The number of hydrogen-bond donors (Lipinski definition) is 3. The van der Waals surface area contributed by atoms with Gasteiger partial charge in [0.05, 0.1) is 11.3 Å². The van der Waals surface area contributed by atoms with Crippen LogP contribution in [-0.2, 0) is 0 Å². The third-order valence-corrected chi connectivity index (χ3v) is 3.26. The highest BCUT2D eigenvalue weighted by atomic mass is 16.4. The zero-order valence-electron chi connectivity index (χ0n) is 12.8. The highest BCUT2D eigenvalue weighted by Crippen LogP contribution is 2.17. The van der Waals surface area contributed by atoms with E-state index >= 15 is 0 Å². The van der Waals surface area contributed by atoms with Crippen LogP contribution in [-0.4, -0.2) is 48.2 Å². The van der Waals surface area contributed by atoms with Crippen LogP contribution >= 0.6 is 0 Å². The lowest BCUT2D eigenvalue weighted by atomic mass is 10.1. The van der Waals surface area contributed by atoms with Gasteiger partial charge < -0.3 is 20.6 Å². The fourth-order valence-corrected chi connectivity index (χ4v) is 1.98. The molecule has 0 bridgehead atoms. The molecule has 0 atom stereocenters. The molecule has 116 valence electrons. The minimum Gasteiger partial charge on any atom is -0.478 e. The number of amides is 2. The van der Waals surface area contributed by atoms with Gasteiger partial charge in [-0.1, -0.05) is 25.5 Å².